The Bertz CT molecular complexity index is 583. The molecule has 6 heteroatoms. The van der Waals surface area contributed by atoms with Crippen molar-refractivity contribution in [3.8, 4) is 0 Å². The minimum atomic E-state index is -0.291. The first kappa shape index (κ1) is 12.9. The summed E-state index contributed by atoms with van der Waals surface area (Å²) in [6.07, 6.45) is 0. The van der Waals surface area contributed by atoms with Gasteiger partial charge in [0.15, 0.2) is 5.82 Å². The number of nitrogens with one attached hydrogen (secondary N) is 2. The topological polar surface area (TPSA) is 110 Å². The molecule has 0 bridgehead atoms. The number of aromatic amines is 1. The Hall–Kier alpha value is -2.50. The lowest BCUT2D eigenvalue weighted by Crippen LogP contribution is -2.13. The minimum Gasteiger partial charge on any atom is -0.399 e. The predicted molar refractivity (Wildman–Crippen MR) is 75.9 cm³/mol. The van der Waals surface area contributed by atoms with Crippen molar-refractivity contribution in [3.05, 3.63) is 35.5 Å². The second-order valence-electron chi connectivity index (χ2n) is 4.71. The van der Waals surface area contributed by atoms with E-state index in [1.54, 1.807) is 24.3 Å². The highest BCUT2D eigenvalue weighted by Gasteiger charge is 2.11. The first-order chi connectivity index (χ1) is 8.95. The molecule has 100 valence electrons. The van der Waals surface area contributed by atoms with E-state index in [0.29, 0.717) is 28.7 Å². The summed E-state index contributed by atoms with van der Waals surface area (Å²) in [5.41, 5.74) is 13.6. The van der Waals surface area contributed by atoms with E-state index in [4.69, 9.17) is 11.5 Å². The molecule has 0 aliphatic heterocycles. The number of nitrogens with two attached hydrogens (primary N) is 2. The smallest absolute Gasteiger partial charge is 0.257 e. The zero-order valence-electron chi connectivity index (χ0n) is 10.9. The fourth-order valence-corrected chi connectivity index (χ4v) is 1.69. The van der Waals surface area contributed by atoms with Crippen LogP contribution in [0.3, 0.4) is 0 Å². The van der Waals surface area contributed by atoms with Crippen LogP contribution in [0.15, 0.2) is 24.3 Å². The Balaban J connectivity index is 2.15. The highest BCUT2D eigenvalue weighted by atomic mass is 16.1. The molecule has 0 radical (unpaired) electrons. The molecule has 6 N–H and O–H groups in total. The van der Waals surface area contributed by atoms with Crippen LogP contribution in [0.1, 0.15) is 35.8 Å². The molecule has 0 aliphatic carbocycles. The molecule has 2 rings (SSSR count). The number of benzene rings is 1. The van der Waals surface area contributed by atoms with Crippen molar-refractivity contribution in [2.45, 2.75) is 19.8 Å². The fourth-order valence-electron chi connectivity index (χ4n) is 1.69. The number of H-pyrrole nitrogens is 1. The summed E-state index contributed by atoms with van der Waals surface area (Å²) in [6.45, 7) is 4.08. The molecule has 6 nitrogen and oxygen atoms in total. The maximum absolute atomic E-state index is 12.0. The van der Waals surface area contributed by atoms with Gasteiger partial charge in [0.05, 0.1) is 0 Å². The summed E-state index contributed by atoms with van der Waals surface area (Å²) < 4.78 is 0. The van der Waals surface area contributed by atoms with Crippen LogP contribution in [0.4, 0.5) is 17.2 Å². The van der Waals surface area contributed by atoms with Gasteiger partial charge in [0, 0.05) is 28.7 Å². The molecule has 0 saturated carbocycles. The van der Waals surface area contributed by atoms with E-state index in [1.807, 2.05) is 13.8 Å². The summed E-state index contributed by atoms with van der Waals surface area (Å²) in [4.78, 5) is 12.0. The second kappa shape index (κ2) is 5.01. The van der Waals surface area contributed by atoms with Crippen LogP contribution < -0.4 is 16.8 Å². The summed E-state index contributed by atoms with van der Waals surface area (Å²) >= 11 is 0. The molecule has 1 aromatic heterocycles. The summed E-state index contributed by atoms with van der Waals surface area (Å²) in [5.74, 6) is 0.511. The monoisotopic (exact) mass is 259 g/mol. The third kappa shape index (κ3) is 3.04. The third-order valence-corrected chi connectivity index (χ3v) is 2.70. The number of carbonyl (C=O) groups excluding carboxylic acids is 1. The summed E-state index contributed by atoms with van der Waals surface area (Å²) in [5, 5.41) is 9.59. The number of rotatable bonds is 3. The van der Waals surface area contributed by atoms with Crippen LogP contribution in [-0.2, 0) is 0 Å². The number of hydrogen-bond donors (Lipinski definition) is 4. The van der Waals surface area contributed by atoms with E-state index in [2.05, 4.69) is 15.5 Å². The molecule has 2 aromatic rings. The van der Waals surface area contributed by atoms with Crippen molar-refractivity contribution in [1.29, 1.82) is 0 Å². The van der Waals surface area contributed by atoms with Gasteiger partial charge in [-0.25, -0.2) is 0 Å². The molecule has 1 amide bonds. The molecule has 0 spiro atoms. The number of nitrogens with zero attached hydrogens (tertiary/aromatic N) is 1. The first-order valence-electron chi connectivity index (χ1n) is 5.98. The van der Waals surface area contributed by atoms with Gasteiger partial charge in [0.2, 0.25) is 0 Å². The van der Waals surface area contributed by atoms with Crippen LogP contribution in [0, 0.1) is 0 Å². The van der Waals surface area contributed by atoms with Gasteiger partial charge < -0.3 is 16.8 Å². The van der Waals surface area contributed by atoms with Crippen molar-refractivity contribution in [1.82, 2.24) is 10.2 Å². The van der Waals surface area contributed by atoms with E-state index >= 15 is 0 Å². The van der Waals surface area contributed by atoms with Gasteiger partial charge in [-0.15, -0.1) is 0 Å². The molecular formula is C13H17N5O. The van der Waals surface area contributed by atoms with E-state index in [1.165, 1.54) is 0 Å². The average molecular weight is 259 g/mol. The Labute approximate surface area is 111 Å². The molecule has 1 heterocycles. The lowest BCUT2D eigenvalue weighted by Gasteiger charge is -2.04. The van der Waals surface area contributed by atoms with Gasteiger partial charge in [-0.05, 0) is 24.1 Å². The summed E-state index contributed by atoms with van der Waals surface area (Å²) in [6, 6.07) is 6.55. The number of nitrogen functional groups attached to an aromatic ring is 2. The number of amides is 1. The Morgan fingerprint density at radius 1 is 1.21 bits per heavy atom. The van der Waals surface area contributed by atoms with Gasteiger partial charge in [0.1, 0.15) is 0 Å². The Morgan fingerprint density at radius 2 is 1.84 bits per heavy atom. The van der Waals surface area contributed by atoms with E-state index in [-0.39, 0.29) is 5.91 Å². The van der Waals surface area contributed by atoms with Crippen LogP contribution in [0.2, 0.25) is 0 Å². The lowest BCUT2D eigenvalue weighted by molar-refractivity contribution is 0.102. The molecule has 19 heavy (non-hydrogen) atoms. The van der Waals surface area contributed by atoms with E-state index < -0.39 is 0 Å². The highest BCUT2D eigenvalue weighted by molar-refractivity contribution is 6.04. The SMILES string of the molecule is CC(C)c1cc(NC(=O)c2cc(N)cc(N)c2)n[nH]1. The molecule has 0 saturated heterocycles. The van der Waals surface area contributed by atoms with Crippen LogP contribution in [0.25, 0.3) is 0 Å². The maximum Gasteiger partial charge on any atom is 0.257 e. The van der Waals surface area contributed by atoms with Crippen molar-refractivity contribution in [2.24, 2.45) is 0 Å². The molecule has 0 aliphatic rings. The van der Waals surface area contributed by atoms with Gasteiger partial charge in [-0.3, -0.25) is 9.89 Å². The zero-order chi connectivity index (χ0) is 14.0. The normalized spacial score (nSPS) is 10.7. The number of hydrogen-bond acceptors (Lipinski definition) is 4. The summed E-state index contributed by atoms with van der Waals surface area (Å²) in [7, 11) is 0. The third-order valence-electron chi connectivity index (χ3n) is 2.70. The van der Waals surface area contributed by atoms with Crippen molar-refractivity contribution < 1.29 is 4.79 Å². The van der Waals surface area contributed by atoms with Crippen molar-refractivity contribution in [3.63, 3.8) is 0 Å². The lowest BCUT2D eigenvalue weighted by atomic mass is 10.1. The highest BCUT2D eigenvalue weighted by Crippen LogP contribution is 2.17. The van der Waals surface area contributed by atoms with Crippen molar-refractivity contribution in [2.75, 3.05) is 16.8 Å². The van der Waals surface area contributed by atoms with Crippen LogP contribution in [-0.4, -0.2) is 16.1 Å². The van der Waals surface area contributed by atoms with Gasteiger partial charge in [-0.1, -0.05) is 13.8 Å². The van der Waals surface area contributed by atoms with Crippen molar-refractivity contribution >= 4 is 23.1 Å². The standard InChI is InChI=1S/C13H17N5O/c1-7(2)11-6-12(18-17-11)16-13(19)8-3-9(14)5-10(15)4-8/h3-7H,14-15H2,1-2H3,(H2,16,17,18,19). The Kier molecular flexibility index (Phi) is 3.41. The van der Waals surface area contributed by atoms with E-state index in [9.17, 15) is 4.79 Å². The van der Waals surface area contributed by atoms with Crippen LogP contribution in [0.5, 0.6) is 0 Å². The number of anilines is 3. The molecule has 1 aromatic carbocycles. The largest absolute Gasteiger partial charge is 0.399 e. The molecular weight excluding hydrogens is 242 g/mol. The van der Waals surface area contributed by atoms with Gasteiger partial charge in [-0.2, -0.15) is 5.10 Å². The maximum atomic E-state index is 12.0. The van der Waals surface area contributed by atoms with E-state index in [0.717, 1.165) is 5.69 Å². The molecule has 0 atom stereocenters. The fraction of sp³-hybridized carbons (Fsp3) is 0.231. The van der Waals surface area contributed by atoms with Gasteiger partial charge >= 0.3 is 0 Å². The first-order valence-corrected chi connectivity index (χ1v) is 5.98. The average Bonchev–Trinajstić information content (AvgIpc) is 2.76. The minimum absolute atomic E-state index is 0.291. The molecule has 0 unspecified atom stereocenters. The second-order valence-corrected chi connectivity index (χ2v) is 4.71. The zero-order valence-corrected chi connectivity index (χ0v) is 10.9. The number of aromatic nitrogens is 2. The predicted octanol–water partition coefficient (Wildman–Crippen LogP) is 1.95. The van der Waals surface area contributed by atoms with Crippen LogP contribution >= 0.6 is 0 Å². The Morgan fingerprint density at radius 3 is 2.37 bits per heavy atom. The molecule has 0 fully saturated rings. The number of carbonyl (C=O) groups is 1. The van der Waals surface area contributed by atoms with Gasteiger partial charge in [0.25, 0.3) is 5.91 Å². The quantitative estimate of drug-likeness (QED) is 0.631.